The number of hydrogen-bond donors (Lipinski definition) is 1. The van der Waals surface area contributed by atoms with Crippen LogP contribution in [0.4, 0.5) is 0 Å². The van der Waals surface area contributed by atoms with Crippen LogP contribution in [0.15, 0.2) is 24.3 Å². The van der Waals surface area contributed by atoms with Crippen molar-refractivity contribution in [3.05, 3.63) is 29.8 Å². The van der Waals surface area contributed by atoms with E-state index in [9.17, 15) is 0 Å². The SMILES string of the molecule is CC(C)NCc1ccc(OCCC2CCCCN2C)cc1. The second-order valence-electron chi connectivity index (χ2n) is 6.45. The van der Waals surface area contributed by atoms with Crippen molar-refractivity contribution in [1.29, 1.82) is 0 Å². The maximum Gasteiger partial charge on any atom is 0.119 e. The lowest BCUT2D eigenvalue weighted by Gasteiger charge is -2.32. The molecule has 0 radical (unpaired) electrons. The van der Waals surface area contributed by atoms with Crippen LogP contribution in [0.3, 0.4) is 0 Å². The van der Waals surface area contributed by atoms with Crippen LogP contribution in [0.1, 0.15) is 45.1 Å². The minimum atomic E-state index is 0.522. The fourth-order valence-corrected chi connectivity index (χ4v) is 2.85. The smallest absolute Gasteiger partial charge is 0.119 e. The summed E-state index contributed by atoms with van der Waals surface area (Å²) >= 11 is 0. The Morgan fingerprint density at radius 2 is 2.00 bits per heavy atom. The Kier molecular flexibility index (Phi) is 6.52. The summed E-state index contributed by atoms with van der Waals surface area (Å²) in [5, 5.41) is 3.43. The number of ether oxygens (including phenoxy) is 1. The average Bonchev–Trinajstić information content (AvgIpc) is 2.48. The van der Waals surface area contributed by atoms with Crippen LogP contribution < -0.4 is 10.1 Å². The molecule has 1 fully saturated rings. The Hall–Kier alpha value is -1.06. The van der Waals surface area contributed by atoms with Crippen molar-refractivity contribution in [2.24, 2.45) is 0 Å². The largest absolute Gasteiger partial charge is 0.494 e. The van der Waals surface area contributed by atoms with Crippen molar-refractivity contribution in [3.63, 3.8) is 0 Å². The van der Waals surface area contributed by atoms with E-state index in [4.69, 9.17) is 4.74 Å². The van der Waals surface area contributed by atoms with Gasteiger partial charge in [0.1, 0.15) is 5.75 Å². The maximum atomic E-state index is 5.89. The molecule has 1 aliphatic heterocycles. The zero-order valence-electron chi connectivity index (χ0n) is 13.8. The third-order valence-electron chi connectivity index (χ3n) is 4.28. The van der Waals surface area contributed by atoms with Gasteiger partial charge in [-0.2, -0.15) is 0 Å². The Bertz CT molecular complexity index is 402. The highest BCUT2D eigenvalue weighted by Crippen LogP contribution is 2.19. The Labute approximate surface area is 129 Å². The first kappa shape index (κ1) is 16.3. The second-order valence-corrected chi connectivity index (χ2v) is 6.45. The maximum absolute atomic E-state index is 5.89. The van der Waals surface area contributed by atoms with Gasteiger partial charge in [0.2, 0.25) is 0 Å². The van der Waals surface area contributed by atoms with Gasteiger partial charge in [-0.15, -0.1) is 0 Å². The molecule has 2 rings (SSSR count). The first-order chi connectivity index (χ1) is 10.1. The molecular formula is C18H30N2O. The van der Waals surface area contributed by atoms with Gasteiger partial charge in [-0.3, -0.25) is 0 Å². The lowest BCUT2D eigenvalue weighted by Crippen LogP contribution is -2.37. The van der Waals surface area contributed by atoms with Gasteiger partial charge in [0.15, 0.2) is 0 Å². The topological polar surface area (TPSA) is 24.5 Å². The zero-order valence-corrected chi connectivity index (χ0v) is 13.8. The number of piperidine rings is 1. The van der Waals surface area contributed by atoms with Crippen LogP contribution >= 0.6 is 0 Å². The van der Waals surface area contributed by atoms with Crippen molar-refractivity contribution in [2.75, 3.05) is 20.2 Å². The highest BCUT2D eigenvalue weighted by atomic mass is 16.5. The summed E-state index contributed by atoms with van der Waals surface area (Å²) in [6.45, 7) is 7.31. The van der Waals surface area contributed by atoms with Crippen molar-refractivity contribution in [3.8, 4) is 5.75 Å². The van der Waals surface area contributed by atoms with Crippen LogP contribution in [-0.4, -0.2) is 37.2 Å². The molecule has 0 bridgehead atoms. The van der Waals surface area contributed by atoms with Gasteiger partial charge in [0.25, 0.3) is 0 Å². The minimum Gasteiger partial charge on any atom is -0.494 e. The predicted molar refractivity (Wildman–Crippen MR) is 88.8 cm³/mol. The summed E-state index contributed by atoms with van der Waals surface area (Å²) in [6.07, 6.45) is 5.17. The summed E-state index contributed by atoms with van der Waals surface area (Å²) in [4.78, 5) is 2.48. The number of nitrogens with zero attached hydrogens (tertiary/aromatic N) is 1. The minimum absolute atomic E-state index is 0.522. The van der Waals surface area contributed by atoms with Gasteiger partial charge in [-0.05, 0) is 50.6 Å². The van der Waals surface area contributed by atoms with Gasteiger partial charge in [-0.1, -0.05) is 32.4 Å². The molecule has 1 unspecified atom stereocenters. The van der Waals surface area contributed by atoms with E-state index in [-0.39, 0.29) is 0 Å². The summed E-state index contributed by atoms with van der Waals surface area (Å²) in [6, 6.07) is 9.69. The zero-order chi connectivity index (χ0) is 15.1. The predicted octanol–water partition coefficient (Wildman–Crippen LogP) is 3.44. The molecule has 1 aliphatic rings. The Balaban J connectivity index is 1.70. The van der Waals surface area contributed by atoms with E-state index in [1.807, 2.05) is 0 Å². The molecule has 118 valence electrons. The highest BCUT2D eigenvalue weighted by molar-refractivity contribution is 5.27. The molecule has 1 N–H and O–H groups in total. The van der Waals surface area contributed by atoms with Crippen molar-refractivity contribution >= 4 is 0 Å². The molecule has 3 heteroatoms. The van der Waals surface area contributed by atoms with Crippen molar-refractivity contribution in [2.45, 2.75) is 58.2 Å². The van der Waals surface area contributed by atoms with E-state index in [1.54, 1.807) is 0 Å². The summed E-state index contributed by atoms with van der Waals surface area (Å²) in [7, 11) is 2.24. The van der Waals surface area contributed by atoms with E-state index >= 15 is 0 Å². The Morgan fingerprint density at radius 3 is 2.67 bits per heavy atom. The van der Waals surface area contributed by atoms with Gasteiger partial charge in [-0.25, -0.2) is 0 Å². The molecule has 1 saturated heterocycles. The summed E-state index contributed by atoms with van der Waals surface area (Å²) in [5.74, 6) is 0.988. The van der Waals surface area contributed by atoms with Gasteiger partial charge >= 0.3 is 0 Å². The van der Waals surface area contributed by atoms with E-state index in [1.165, 1.54) is 31.4 Å². The molecule has 0 aromatic heterocycles. The first-order valence-corrected chi connectivity index (χ1v) is 8.30. The molecule has 21 heavy (non-hydrogen) atoms. The van der Waals surface area contributed by atoms with Crippen LogP contribution in [0.5, 0.6) is 5.75 Å². The average molecular weight is 290 g/mol. The van der Waals surface area contributed by atoms with E-state index in [0.29, 0.717) is 12.1 Å². The molecule has 1 atom stereocenters. The van der Waals surface area contributed by atoms with E-state index in [2.05, 4.69) is 55.4 Å². The molecule has 0 saturated carbocycles. The number of hydrogen-bond acceptors (Lipinski definition) is 3. The standard InChI is InChI=1S/C18H30N2O/c1-15(2)19-14-16-7-9-18(10-8-16)21-13-11-17-6-4-5-12-20(17)3/h7-10,15,17,19H,4-6,11-14H2,1-3H3. The molecule has 3 nitrogen and oxygen atoms in total. The molecule has 1 aromatic carbocycles. The lowest BCUT2D eigenvalue weighted by molar-refractivity contribution is 0.153. The van der Waals surface area contributed by atoms with Gasteiger partial charge < -0.3 is 15.0 Å². The molecule has 0 spiro atoms. The lowest BCUT2D eigenvalue weighted by atomic mass is 10.0. The van der Waals surface area contributed by atoms with Gasteiger partial charge in [0, 0.05) is 18.6 Å². The van der Waals surface area contributed by atoms with Crippen LogP contribution in [0.2, 0.25) is 0 Å². The van der Waals surface area contributed by atoms with Crippen molar-refractivity contribution in [1.82, 2.24) is 10.2 Å². The van der Waals surface area contributed by atoms with Crippen LogP contribution in [-0.2, 0) is 6.54 Å². The number of rotatable bonds is 7. The normalized spacial score (nSPS) is 19.9. The molecular weight excluding hydrogens is 260 g/mol. The van der Waals surface area contributed by atoms with Crippen LogP contribution in [0.25, 0.3) is 0 Å². The summed E-state index contributed by atoms with van der Waals surface area (Å²) < 4.78 is 5.89. The fraction of sp³-hybridized carbons (Fsp3) is 0.667. The van der Waals surface area contributed by atoms with E-state index in [0.717, 1.165) is 25.3 Å². The number of nitrogens with one attached hydrogen (secondary N) is 1. The third-order valence-corrected chi connectivity index (χ3v) is 4.28. The molecule has 0 aliphatic carbocycles. The monoisotopic (exact) mass is 290 g/mol. The van der Waals surface area contributed by atoms with Crippen molar-refractivity contribution < 1.29 is 4.74 Å². The molecule has 1 heterocycles. The Morgan fingerprint density at radius 1 is 1.24 bits per heavy atom. The molecule has 0 amide bonds. The fourth-order valence-electron chi connectivity index (χ4n) is 2.85. The number of likely N-dealkylation sites (tertiary alicyclic amines) is 1. The first-order valence-electron chi connectivity index (χ1n) is 8.30. The molecule has 1 aromatic rings. The van der Waals surface area contributed by atoms with Gasteiger partial charge in [0.05, 0.1) is 6.61 Å². The van der Waals surface area contributed by atoms with E-state index < -0.39 is 0 Å². The number of benzene rings is 1. The summed E-state index contributed by atoms with van der Waals surface area (Å²) in [5.41, 5.74) is 1.31. The highest BCUT2D eigenvalue weighted by Gasteiger charge is 2.18. The quantitative estimate of drug-likeness (QED) is 0.832. The third kappa shape index (κ3) is 5.68. The second kappa shape index (κ2) is 8.40. The van der Waals surface area contributed by atoms with Crippen LogP contribution in [0, 0.1) is 0 Å².